The van der Waals surface area contributed by atoms with Gasteiger partial charge in [0.1, 0.15) is 5.58 Å². The minimum Gasteiger partial charge on any atom is -0.423 e. The summed E-state index contributed by atoms with van der Waals surface area (Å²) in [5, 5.41) is 8.22. The average Bonchev–Trinajstić information content (AvgIpc) is 3.30. The first kappa shape index (κ1) is 20.0. The molecule has 7 nitrogen and oxygen atoms in total. The molecule has 0 bridgehead atoms. The first-order chi connectivity index (χ1) is 13.9. The lowest BCUT2D eigenvalue weighted by Crippen LogP contribution is -2.24. The normalized spacial score (nSPS) is 16.9. The maximum atomic E-state index is 12.2. The second-order valence-corrected chi connectivity index (χ2v) is 8.74. The summed E-state index contributed by atoms with van der Waals surface area (Å²) in [4.78, 5) is 24.3. The van der Waals surface area contributed by atoms with Crippen molar-refractivity contribution in [1.82, 2.24) is 14.8 Å². The van der Waals surface area contributed by atoms with Crippen molar-refractivity contribution in [3.05, 3.63) is 55.8 Å². The number of aryl methyl sites for hydroxylation is 1. The Morgan fingerprint density at radius 2 is 2.14 bits per heavy atom. The van der Waals surface area contributed by atoms with Gasteiger partial charge in [-0.15, -0.1) is 5.10 Å². The van der Waals surface area contributed by atoms with Crippen LogP contribution in [0.15, 0.2) is 37.4 Å². The Bertz CT molecular complexity index is 1140. The molecule has 0 unspecified atom stereocenters. The number of aromatic amines is 1. The van der Waals surface area contributed by atoms with Gasteiger partial charge in [-0.1, -0.05) is 25.6 Å². The smallest absolute Gasteiger partial charge is 0.344 e. The zero-order chi connectivity index (χ0) is 20.5. The average molecular weight is 416 g/mol. The number of hydrogen-bond acceptors (Lipinski definition) is 6. The molecule has 1 fully saturated rings. The predicted octanol–water partition coefficient (Wildman–Crippen LogP) is 3.58. The van der Waals surface area contributed by atoms with Gasteiger partial charge in [0, 0.05) is 23.8 Å². The summed E-state index contributed by atoms with van der Waals surface area (Å²) in [6, 6.07) is 5.57. The van der Waals surface area contributed by atoms with Gasteiger partial charge in [0.15, 0.2) is 5.16 Å². The van der Waals surface area contributed by atoms with Gasteiger partial charge in [0.25, 0.3) is 0 Å². The first-order valence-electron chi connectivity index (χ1n) is 9.89. The highest BCUT2D eigenvalue weighted by atomic mass is 32.2. The van der Waals surface area contributed by atoms with Crippen LogP contribution in [-0.2, 0) is 17.0 Å². The van der Waals surface area contributed by atoms with Crippen LogP contribution in [0.1, 0.15) is 49.3 Å². The van der Waals surface area contributed by atoms with Crippen LogP contribution in [0.2, 0.25) is 0 Å². The molecular formula is C21H25N3O4S. The second kappa shape index (κ2) is 8.20. The molecule has 8 heteroatoms. The van der Waals surface area contributed by atoms with E-state index in [1.807, 2.05) is 13.0 Å². The molecule has 3 aromatic rings. The molecule has 154 valence electrons. The van der Waals surface area contributed by atoms with Crippen molar-refractivity contribution in [2.75, 3.05) is 6.61 Å². The fourth-order valence-corrected chi connectivity index (χ4v) is 4.79. The van der Waals surface area contributed by atoms with E-state index in [1.54, 1.807) is 4.57 Å². The maximum absolute atomic E-state index is 12.2. The molecule has 0 radical (unpaired) electrons. The molecule has 0 spiro atoms. The SMILES string of the molecule is Cc1cc2oc(=O)cc(CSc3n[nH]c(=O)n3C[C@@H]3CCCO3)c2cc1C(C)C. The Balaban J connectivity index is 1.64. The third-order valence-corrected chi connectivity index (χ3v) is 6.35. The molecule has 1 aliphatic rings. The highest BCUT2D eigenvalue weighted by Gasteiger charge is 2.20. The van der Waals surface area contributed by atoms with Gasteiger partial charge >= 0.3 is 11.3 Å². The molecule has 0 amide bonds. The third-order valence-electron chi connectivity index (χ3n) is 5.33. The lowest BCUT2D eigenvalue weighted by atomic mass is 9.95. The minimum absolute atomic E-state index is 0.0471. The summed E-state index contributed by atoms with van der Waals surface area (Å²) < 4.78 is 12.7. The Labute approximate surface area is 172 Å². The van der Waals surface area contributed by atoms with Crippen molar-refractivity contribution in [1.29, 1.82) is 0 Å². The molecule has 4 rings (SSSR count). The maximum Gasteiger partial charge on any atom is 0.344 e. The quantitative estimate of drug-likeness (QED) is 0.489. The standard InChI is InChI=1S/C21H25N3O4S/c1-12(2)16-9-17-14(8-19(25)28-18(17)7-13(16)3)11-29-21-23-22-20(26)24(21)10-15-5-4-6-27-15/h7-9,12,15H,4-6,10-11H2,1-3H3,(H,22,26)/t15-/m0/s1. The molecule has 3 heterocycles. The molecule has 29 heavy (non-hydrogen) atoms. The van der Waals surface area contributed by atoms with Gasteiger partial charge in [0.2, 0.25) is 0 Å². The van der Waals surface area contributed by atoms with Crippen molar-refractivity contribution >= 4 is 22.7 Å². The number of hydrogen-bond donors (Lipinski definition) is 1. The Kier molecular flexibility index (Phi) is 5.65. The van der Waals surface area contributed by atoms with Crippen LogP contribution in [0, 0.1) is 6.92 Å². The number of fused-ring (bicyclic) bond motifs is 1. The van der Waals surface area contributed by atoms with Gasteiger partial charge in [-0.25, -0.2) is 14.7 Å². The Morgan fingerprint density at radius 3 is 2.86 bits per heavy atom. The van der Waals surface area contributed by atoms with E-state index in [0.717, 1.165) is 36.0 Å². The molecule has 0 saturated carbocycles. The van der Waals surface area contributed by atoms with E-state index < -0.39 is 0 Å². The lowest BCUT2D eigenvalue weighted by molar-refractivity contribution is 0.0941. The fourth-order valence-electron chi connectivity index (χ4n) is 3.84. The summed E-state index contributed by atoms with van der Waals surface area (Å²) >= 11 is 1.43. The summed E-state index contributed by atoms with van der Waals surface area (Å²) in [7, 11) is 0. The highest BCUT2D eigenvalue weighted by Crippen LogP contribution is 2.30. The number of H-pyrrole nitrogens is 1. The van der Waals surface area contributed by atoms with Crippen LogP contribution < -0.4 is 11.3 Å². The van der Waals surface area contributed by atoms with Crippen LogP contribution in [0.4, 0.5) is 0 Å². The molecule has 0 aliphatic carbocycles. The number of rotatable bonds is 6. The lowest BCUT2D eigenvalue weighted by Gasteiger charge is -2.13. The monoisotopic (exact) mass is 415 g/mol. The summed E-state index contributed by atoms with van der Waals surface area (Å²) in [5.74, 6) is 0.883. The van der Waals surface area contributed by atoms with E-state index in [-0.39, 0.29) is 17.4 Å². The molecule has 1 saturated heterocycles. The zero-order valence-electron chi connectivity index (χ0n) is 16.9. The van der Waals surface area contributed by atoms with Crippen molar-refractivity contribution in [2.24, 2.45) is 0 Å². The molecule has 1 atom stereocenters. The fraction of sp³-hybridized carbons (Fsp3) is 0.476. The van der Waals surface area contributed by atoms with E-state index in [2.05, 4.69) is 30.1 Å². The minimum atomic E-state index is -0.372. The van der Waals surface area contributed by atoms with Crippen molar-refractivity contribution < 1.29 is 9.15 Å². The topological polar surface area (TPSA) is 90.1 Å². The largest absolute Gasteiger partial charge is 0.423 e. The second-order valence-electron chi connectivity index (χ2n) is 7.80. The predicted molar refractivity (Wildman–Crippen MR) is 113 cm³/mol. The van der Waals surface area contributed by atoms with Crippen LogP contribution in [0.3, 0.4) is 0 Å². The first-order valence-corrected chi connectivity index (χ1v) is 10.9. The van der Waals surface area contributed by atoms with Crippen molar-refractivity contribution in [3.8, 4) is 0 Å². The van der Waals surface area contributed by atoms with Crippen LogP contribution in [0.5, 0.6) is 0 Å². The number of benzene rings is 1. The zero-order valence-corrected chi connectivity index (χ0v) is 17.7. The van der Waals surface area contributed by atoms with E-state index in [1.165, 1.54) is 23.4 Å². The number of aromatic nitrogens is 3. The van der Waals surface area contributed by atoms with E-state index in [4.69, 9.17) is 9.15 Å². The van der Waals surface area contributed by atoms with Crippen LogP contribution in [-0.4, -0.2) is 27.5 Å². The van der Waals surface area contributed by atoms with Gasteiger partial charge < -0.3 is 9.15 Å². The molecule has 1 N–H and O–H groups in total. The number of ether oxygens (including phenoxy) is 1. The molecular weight excluding hydrogens is 390 g/mol. The summed E-state index contributed by atoms with van der Waals surface area (Å²) in [6.07, 6.45) is 2.01. The van der Waals surface area contributed by atoms with Crippen LogP contribution in [0.25, 0.3) is 11.0 Å². The van der Waals surface area contributed by atoms with Crippen LogP contribution >= 0.6 is 11.8 Å². The number of nitrogens with one attached hydrogen (secondary N) is 1. The van der Waals surface area contributed by atoms with E-state index >= 15 is 0 Å². The van der Waals surface area contributed by atoms with Gasteiger partial charge in [-0.3, -0.25) is 4.57 Å². The van der Waals surface area contributed by atoms with Crippen molar-refractivity contribution in [2.45, 2.75) is 63.1 Å². The van der Waals surface area contributed by atoms with E-state index in [0.29, 0.717) is 29.0 Å². The van der Waals surface area contributed by atoms with Crippen molar-refractivity contribution in [3.63, 3.8) is 0 Å². The molecule has 1 aromatic carbocycles. The van der Waals surface area contributed by atoms with E-state index in [9.17, 15) is 9.59 Å². The van der Waals surface area contributed by atoms with Gasteiger partial charge in [0.05, 0.1) is 12.6 Å². The van der Waals surface area contributed by atoms with Gasteiger partial charge in [-0.05, 0) is 54.5 Å². The van der Waals surface area contributed by atoms with Gasteiger partial charge in [-0.2, -0.15) is 0 Å². The number of thioether (sulfide) groups is 1. The highest BCUT2D eigenvalue weighted by molar-refractivity contribution is 7.98. The summed E-state index contributed by atoms with van der Waals surface area (Å²) in [5.41, 5.74) is 3.20. The third kappa shape index (κ3) is 4.18. The Morgan fingerprint density at radius 1 is 1.31 bits per heavy atom. The molecule has 1 aliphatic heterocycles. The summed E-state index contributed by atoms with van der Waals surface area (Å²) in [6.45, 7) is 7.56. The Hall–Kier alpha value is -2.32. The molecule has 2 aromatic heterocycles. The number of nitrogens with zero attached hydrogens (tertiary/aromatic N) is 2.